The molecule has 0 saturated heterocycles. The summed E-state index contributed by atoms with van der Waals surface area (Å²) < 4.78 is 5.33. The van der Waals surface area contributed by atoms with E-state index in [9.17, 15) is 20.2 Å². The number of hydrogen-bond acceptors (Lipinski definition) is 5. The zero-order chi connectivity index (χ0) is 19.1. The predicted octanol–water partition coefficient (Wildman–Crippen LogP) is 4.19. The van der Waals surface area contributed by atoms with Crippen LogP contribution in [0.5, 0.6) is 5.75 Å². The quantitative estimate of drug-likeness (QED) is 0.354. The van der Waals surface area contributed by atoms with E-state index in [1.165, 1.54) is 30.3 Å². The fraction of sp³-hybridized carbons (Fsp3) is 0.111. The largest absolute Gasteiger partial charge is 0.492 e. The lowest BCUT2D eigenvalue weighted by molar-refractivity contribution is -0.384. The molecule has 0 fully saturated rings. The molecule has 0 radical (unpaired) electrons. The Labute approximate surface area is 154 Å². The van der Waals surface area contributed by atoms with E-state index in [0.29, 0.717) is 22.9 Å². The fourth-order valence-corrected chi connectivity index (χ4v) is 2.33. The molecule has 0 heterocycles. The summed E-state index contributed by atoms with van der Waals surface area (Å²) in [6.45, 7) is 2.29. The normalized spacial score (nSPS) is 10.7. The van der Waals surface area contributed by atoms with Gasteiger partial charge in [0.15, 0.2) is 0 Å². The lowest BCUT2D eigenvalue weighted by Gasteiger charge is -2.07. The number of nitro groups is 1. The first-order valence-electron chi connectivity index (χ1n) is 7.54. The van der Waals surface area contributed by atoms with E-state index < -0.39 is 10.8 Å². The minimum atomic E-state index is -0.682. The summed E-state index contributed by atoms with van der Waals surface area (Å²) in [6.07, 6.45) is 1.37. The monoisotopic (exact) mass is 371 g/mol. The third-order valence-corrected chi connectivity index (χ3v) is 3.54. The van der Waals surface area contributed by atoms with E-state index in [1.54, 1.807) is 18.2 Å². The molecule has 0 atom stereocenters. The maximum Gasteiger partial charge on any atom is 0.271 e. The number of nitrogens with zero attached hydrogens (tertiary/aromatic N) is 2. The van der Waals surface area contributed by atoms with E-state index >= 15 is 0 Å². The summed E-state index contributed by atoms with van der Waals surface area (Å²) in [5.74, 6) is -0.177. The van der Waals surface area contributed by atoms with Crippen molar-refractivity contribution in [2.45, 2.75) is 6.92 Å². The van der Waals surface area contributed by atoms with Crippen molar-refractivity contribution in [3.8, 4) is 11.8 Å². The topological polar surface area (TPSA) is 105 Å². The van der Waals surface area contributed by atoms with E-state index in [2.05, 4.69) is 5.32 Å². The van der Waals surface area contributed by atoms with Crippen molar-refractivity contribution in [2.75, 3.05) is 11.9 Å². The van der Waals surface area contributed by atoms with Gasteiger partial charge in [-0.3, -0.25) is 14.9 Å². The van der Waals surface area contributed by atoms with Gasteiger partial charge < -0.3 is 10.1 Å². The molecule has 0 aromatic heterocycles. The van der Waals surface area contributed by atoms with E-state index in [4.69, 9.17) is 16.3 Å². The van der Waals surface area contributed by atoms with Crippen molar-refractivity contribution >= 4 is 35.0 Å². The molecule has 1 N–H and O–H groups in total. The lowest BCUT2D eigenvalue weighted by Crippen LogP contribution is -2.13. The van der Waals surface area contributed by atoms with Gasteiger partial charge in [0.2, 0.25) is 0 Å². The molecule has 0 aliphatic rings. The van der Waals surface area contributed by atoms with Crippen molar-refractivity contribution < 1.29 is 14.5 Å². The van der Waals surface area contributed by atoms with Crippen LogP contribution in [-0.4, -0.2) is 17.4 Å². The molecule has 132 valence electrons. The van der Waals surface area contributed by atoms with Gasteiger partial charge in [0, 0.05) is 17.8 Å². The number of rotatable bonds is 6. The van der Waals surface area contributed by atoms with Crippen LogP contribution < -0.4 is 10.1 Å². The molecule has 7 nitrogen and oxygen atoms in total. The van der Waals surface area contributed by atoms with Crippen LogP contribution in [0.25, 0.3) is 6.08 Å². The summed E-state index contributed by atoms with van der Waals surface area (Å²) in [5, 5.41) is 22.8. The Kier molecular flexibility index (Phi) is 6.31. The summed E-state index contributed by atoms with van der Waals surface area (Å²) in [4.78, 5) is 22.5. The van der Waals surface area contributed by atoms with Gasteiger partial charge in [-0.1, -0.05) is 23.7 Å². The maximum absolute atomic E-state index is 12.3. The number of ether oxygens (including phenoxy) is 1. The number of non-ortho nitro benzene ring substituents is 1. The molecule has 0 unspecified atom stereocenters. The standard InChI is InChI=1S/C18H14ClN3O4/c1-2-26-17-7-6-12(9-16(17)19)8-13(11-20)18(23)21-14-4-3-5-15(10-14)22(24)25/h3-10H,2H2,1H3,(H,21,23)/b13-8+. The minimum Gasteiger partial charge on any atom is -0.492 e. The zero-order valence-electron chi connectivity index (χ0n) is 13.7. The second-order valence-electron chi connectivity index (χ2n) is 5.05. The Bertz CT molecular complexity index is 919. The average Bonchev–Trinajstić information content (AvgIpc) is 2.62. The van der Waals surface area contributed by atoms with Crippen molar-refractivity contribution in [3.05, 3.63) is 68.7 Å². The molecule has 0 aliphatic heterocycles. The Balaban J connectivity index is 2.22. The number of nitrogens with one attached hydrogen (secondary N) is 1. The molecule has 8 heteroatoms. The van der Waals surface area contributed by atoms with Crippen molar-refractivity contribution in [1.29, 1.82) is 5.26 Å². The SMILES string of the molecule is CCOc1ccc(/C=C(\C#N)C(=O)Nc2cccc([N+](=O)[O-])c2)cc1Cl. The molecule has 0 spiro atoms. The van der Waals surface area contributed by atoms with Gasteiger partial charge in [0.25, 0.3) is 11.6 Å². The molecule has 1 amide bonds. The summed E-state index contributed by atoms with van der Waals surface area (Å²) in [5.41, 5.74) is 0.430. The Morgan fingerprint density at radius 1 is 1.38 bits per heavy atom. The van der Waals surface area contributed by atoms with Crippen LogP contribution in [0.3, 0.4) is 0 Å². The average molecular weight is 372 g/mol. The van der Waals surface area contributed by atoms with Crippen LogP contribution in [0.15, 0.2) is 48.0 Å². The molecule has 2 rings (SSSR count). The number of nitro benzene ring substituents is 1. The predicted molar refractivity (Wildman–Crippen MR) is 97.9 cm³/mol. The second-order valence-corrected chi connectivity index (χ2v) is 5.46. The highest BCUT2D eigenvalue weighted by molar-refractivity contribution is 6.32. The molecular formula is C18H14ClN3O4. The summed E-state index contributed by atoms with van der Waals surface area (Å²) in [7, 11) is 0. The minimum absolute atomic E-state index is 0.163. The highest BCUT2D eigenvalue weighted by Crippen LogP contribution is 2.26. The highest BCUT2D eigenvalue weighted by Gasteiger charge is 2.12. The van der Waals surface area contributed by atoms with Gasteiger partial charge in [-0.05, 0) is 36.8 Å². The van der Waals surface area contributed by atoms with Crippen LogP contribution in [-0.2, 0) is 4.79 Å². The first kappa shape index (κ1) is 19.0. The van der Waals surface area contributed by atoms with Gasteiger partial charge in [-0.25, -0.2) is 0 Å². The Morgan fingerprint density at radius 2 is 2.15 bits per heavy atom. The number of halogens is 1. The molecule has 0 saturated carbocycles. The van der Waals surface area contributed by atoms with E-state index in [1.807, 2.05) is 13.0 Å². The summed E-state index contributed by atoms with van der Waals surface area (Å²) in [6, 6.07) is 12.1. The van der Waals surface area contributed by atoms with Crippen LogP contribution in [0.1, 0.15) is 12.5 Å². The first-order chi connectivity index (χ1) is 12.4. The van der Waals surface area contributed by atoms with Gasteiger partial charge in [-0.15, -0.1) is 0 Å². The van der Waals surface area contributed by atoms with Crippen LogP contribution in [0.2, 0.25) is 5.02 Å². The van der Waals surface area contributed by atoms with Crippen molar-refractivity contribution in [3.63, 3.8) is 0 Å². The zero-order valence-corrected chi connectivity index (χ0v) is 14.5. The Hall–Kier alpha value is -3.37. The fourth-order valence-electron chi connectivity index (χ4n) is 2.09. The summed E-state index contributed by atoms with van der Waals surface area (Å²) >= 11 is 6.09. The molecule has 0 aliphatic carbocycles. The number of amides is 1. The number of hydrogen-bond donors (Lipinski definition) is 1. The lowest BCUT2D eigenvalue weighted by atomic mass is 10.1. The van der Waals surface area contributed by atoms with Crippen molar-refractivity contribution in [1.82, 2.24) is 0 Å². The van der Waals surface area contributed by atoms with Gasteiger partial charge >= 0.3 is 0 Å². The van der Waals surface area contributed by atoms with Crippen LogP contribution in [0.4, 0.5) is 11.4 Å². The molecule has 2 aromatic carbocycles. The molecule has 0 bridgehead atoms. The van der Waals surface area contributed by atoms with Crippen LogP contribution in [0, 0.1) is 21.4 Å². The molecule has 26 heavy (non-hydrogen) atoms. The number of carbonyl (C=O) groups is 1. The van der Waals surface area contributed by atoms with Gasteiger partial charge in [0.05, 0.1) is 16.6 Å². The first-order valence-corrected chi connectivity index (χ1v) is 7.92. The van der Waals surface area contributed by atoms with Crippen molar-refractivity contribution in [2.24, 2.45) is 0 Å². The Morgan fingerprint density at radius 3 is 2.77 bits per heavy atom. The van der Waals surface area contributed by atoms with E-state index in [-0.39, 0.29) is 16.9 Å². The molecular weight excluding hydrogens is 358 g/mol. The van der Waals surface area contributed by atoms with Gasteiger partial charge in [0.1, 0.15) is 17.4 Å². The third kappa shape index (κ3) is 4.82. The molecule has 2 aromatic rings. The number of carbonyl (C=O) groups excluding carboxylic acids is 1. The highest BCUT2D eigenvalue weighted by atomic mass is 35.5. The maximum atomic E-state index is 12.3. The number of benzene rings is 2. The van der Waals surface area contributed by atoms with E-state index in [0.717, 1.165) is 0 Å². The van der Waals surface area contributed by atoms with Crippen LogP contribution >= 0.6 is 11.6 Å². The third-order valence-electron chi connectivity index (χ3n) is 3.25. The number of nitriles is 1. The smallest absolute Gasteiger partial charge is 0.271 e. The second kappa shape index (κ2) is 8.65. The number of anilines is 1. The van der Waals surface area contributed by atoms with Gasteiger partial charge in [-0.2, -0.15) is 5.26 Å².